The van der Waals surface area contributed by atoms with Gasteiger partial charge in [-0.05, 0) is 31.4 Å². The summed E-state index contributed by atoms with van der Waals surface area (Å²) in [6, 6.07) is 6.68. The maximum atomic E-state index is 5.81. The van der Waals surface area contributed by atoms with Gasteiger partial charge in [0.1, 0.15) is 6.61 Å². The predicted octanol–water partition coefficient (Wildman–Crippen LogP) is 2.90. The molecule has 2 rings (SSSR count). The second-order valence-corrected chi connectivity index (χ2v) is 4.85. The Balaban J connectivity index is 2.10. The highest BCUT2D eigenvalue weighted by Crippen LogP contribution is 2.32. The van der Waals surface area contributed by atoms with Gasteiger partial charge in [0, 0.05) is 18.2 Å². The van der Waals surface area contributed by atoms with Crippen LogP contribution in [0.25, 0.3) is 0 Å². The fourth-order valence-electron chi connectivity index (χ4n) is 1.76. The first-order valence-electron chi connectivity index (χ1n) is 6.37. The number of ether oxygens (including phenoxy) is 2. The van der Waals surface area contributed by atoms with Crippen molar-refractivity contribution < 1.29 is 9.47 Å². The first kappa shape index (κ1) is 13.0. The normalized spacial score (nSPS) is 14.3. The molecule has 0 amide bonds. The second kappa shape index (κ2) is 5.91. The van der Waals surface area contributed by atoms with Crippen LogP contribution >= 0.6 is 0 Å². The summed E-state index contributed by atoms with van der Waals surface area (Å²) in [4.78, 5) is 0. The number of nitrogens with one attached hydrogen (secondary N) is 1. The summed E-state index contributed by atoms with van der Waals surface area (Å²) >= 11 is 0. The lowest BCUT2D eigenvalue weighted by Crippen LogP contribution is -2.16. The Morgan fingerprint density at radius 1 is 1.44 bits per heavy atom. The zero-order chi connectivity index (χ0) is 13.0. The largest absolute Gasteiger partial charge is 0.493 e. The van der Waals surface area contributed by atoms with Crippen LogP contribution in [0.2, 0.25) is 0 Å². The molecule has 0 heterocycles. The molecule has 0 unspecified atom stereocenters. The second-order valence-electron chi connectivity index (χ2n) is 4.85. The smallest absolute Gasteiger partial charge is 0.166 e. The molecule has 1 aliphatic carbocycles. The van der Waals surface area contributed by atoms with Crippen molar-refractivity contribution in [2.45, 2.75) is 32.4 Å². The standard InChI is InChI=1S/C15H21NO2/c1-11(2)10-18-15-12(9-16-13-7-8-13)5-4-6-14(15)17-3/h4-6,13,16H,1,7-10H2,2-3H3. The Morgan fingerprint density at radius 2 is 2.22 bits per heavy atom. The minimum Gasteiger partial charge on any atom is -0.493 e. The maximum absolute atomic E-state index is 5.81. The Kier molecular flexibility index (Phi) is 4.26. The van der Waals surface area contributed by atoms with E-state index in [0.717, 1.165) is 29.2 Å². The van der Waals surface area contributed by atoms with Crippen molar-refractivity contribution >= 4 is 0 Å². The summed E-state index contributed by atoms with van der Waals surface area (Å²) in [7, 11) is 1.67. The van der Waals surface area contributed by atoms with Gasteiger partial charge in [0.15, 0.2) is 11.5 Å². The SMILES string of the molecule is C=C(C)COc1c(CNC2CC2)cccc1OC. The summed E-state index contributed by atoms with van der Waals surface area (Å²) in [6.07, 6.45) is 2.57. The van der Waals surface area contributed by atoms with E-state index in [1.54, 1.807) is 7.11 Å². The molecule has 1 saturated carbocycles. The van der Waals surface area contributed by atoms with Crippen LogP contribution in [0.5, 0.6) is 11.5 Å². The fraction of sp³-hybridized carbons (Fsp3) is 0.467. The summed E-state index contributed by atoms with van der Waals surface area (Å²) in [5.74, 6) is 1.61. The summed E-state index contributed by atoms with van der Waals surface area (Å²) in [6.45, 7) is 7.17. The van der Waals surface area contributed by atoms with E-state index < -0.39 is 0 Å². The van der Waals surface area contributed by atoms with E-state index in [1.165, 1.54) is 12.8 Å². The molecule has 3 nitrogen and oxygen atoms in total. The third kappa shape index (κ3) is 3.50. The van der Waals surface area contributed by atoms with Crippen LogP contribution in [0.1, 0.15) is 25.3 Å². The van der Waals surface area contributed by atoms with E-state index in [9.17, 15) is 0 Å². The van der Waals surface area contributed by atoms with Gasteiger partial charge in [-0.3, -0.25) is 0 Å². The molecule has 0 aliphatic heterocycles. The van der Waals surface area contributed by atoms with Crippen molar-refractivity contribution in [1.82, 2.24) is 5.32 Å². The fourth-order valence-corrected chi connectivity index (χ4v) is 1.76. The highest BCUT2D eigenvalue weighted by atomic mass is 16.5. The highest BCUT2D eigenvalue weighted by molar-refractivity contribution is 5.46. The molecule has 98 valence electrons. The van der Waals surface area contributed by atoms with Gasteiger partial charge < -0.3 is 14.8 Å². The highest BCUT2D eigenvalue weighted by Gasteiger charge is 2.21. The van der Waals surface area contributed by atoms with Crippen LogP contribution in [-0.2, 0) is 6.54 Å². The van der Waals surface area contributed by atoms with Gasteiger partial charge in [0.2, 0.25) is 0 Å². The molecule has 1 aromatic carbocycles. The Labute approximate surface area is 109 Å². The molecule has 0 radical (unpaired) electrons. The van der Waals surface area contributed by atoms with Crippen LogP contribution in [0.15, 0.2) is 30.4 Å². The van der Waals surface area contributed by atoms with E-state index in [4.69, 9.17) is 9.47 Å². The van der Waals surface area contributed by atoms with Crippen LogP contribution in [-0.4, -0.2) is 19.8 Å². The maximum Gasteiger partial charge on any atom is 0.166 e. The van der Waals surface area contributed by atoms with Gasteiger partial charge in [-0.15, -0.1) is 0 Å². The molecule has 0 aromatic heterocycles. The van der Waals surface area contributed by atoms with Gasteiger partial charge in [0.05, 0.1) is 7.11 Å². The van der Waals surface area contributed by atoms with Crippen LogP contribution < -0.4 is 14.8 Å². The van der Waals surface area contributed by atoms with Gasteiger partial charge in [0.25, 0.3) is 0 Å². The van der Waals surface area contributed by atoms with E-state index >= 15 is 0 Å². The van der Waals surface area contributed by atoms with Gasteiger partial charge in [-0.1, -0.05) is 18.7 Å². The first-order valence-corrected chi connectivity index (χ1v) is 6.37. The number of hydrogen-bond donors (Lipinski definition) is 1. The Bertz CT molecular complexity index is 425. The number of para-hydroxylation sites is 1. The minimum absolute atomic E-state index is 0.525. The van der Waals surface area contributed by atoms with Crippen molar-refractivity contribution in [2.75, 3.05) is 13.7 Å². The van der Waals surface area contributed by atoms with Crippen molar-refractivity contribution in [2.24, 2.45) is 0 Å². The van der Waals surface area contributed by atoms with Crippen LogP contribution in [0.3, 0.4) is 0 Å². The Morgan fingerprint density at radius 3 is 2.83 bits per heavy atom. The average Bonchev–Trinajstić information content (AvgIpc) is 3.17. The molecule has 1 fully saturated rings. The Hall–Kier alpha value is -1.48. The number of rotatable bonds is 7. The molecule has 0 saturated heterocycles. The molecular formula is C15H21NO2. The number of methoxy groups -OCH3 is 1. The molecule has 1 N–H and O–H groups in total. The zero-order valence-electron chi connectivity index (χ0n) is 11.2. The lowest BCUT2D eigenvalue weighted by Gasteiger charge is -2.15. The zero-order valence-corrected chi connectivity index (χ0v) is 11.2. The topological polar surface area (TPSA) is 30.5 Å². The molecule has 0 bridgehead atoms. The van der Waals surface area contributed by atoms with Crippen molar-refractivity contribution in [3.8, 4) is 11.5 Å². The van der Waals surface area contributed by atoms with E-state index in [1.807, 2.05) is 19.1 Å². The third-order valence-corrected chi connectivity index (χ3v) is 2.90. The van der Waals surface area contributed by atoms with Gasteiger partial charge in [-0.2, -0.15) is 0 Å². The molecule has 1 aromatic rings. The lowest BCUT2D eigenvalue weighted by molar-refractivity contribution is 0.315. The quantitative estimate of drug-likeness (QED) is 0.751. The van der Waals surface area contributed by atoms with Gasteiger partial charge >= 0.3 is 0 Å². The number of benzene rings is 1. The van der Waals surface area contributed by atoms with E-state index in [-0.39, 0.29) is 0 Å². The predicted molar refractivity (Wildman–Crippen MR) is 73.2 cm³/mol. The van der Waals surface area contributed by atoms with E-state index in [0.29, 0.717) is 12.6 Å². The molecule has 1 aliphatic rings. The van der Waals surface area contributed by atoms with Crippen molar-refractivity contribution in [1.29, 1.82) is 0 Å². The summed E-state index contributed by atoms with van der Waals surface area (Å²) in [5, 5.41) is 3.49. The molecule has 3 heteroatoms. The van der Waals surface area contributed by atoms with Crippen molar-refractivity contribution in [3.63, 3.8) is 0 Å². The van der Waals surface area contributed by atoms with Crippen LogP contribution in [0.4, 0.5) is 0 Å². The summed E-state index contributed by atoms with van der Waals surface area (Å²) < 4.78 is 11.2. The summed E-state index contributed by atoms with van der Waals surface area (Å²) in [5.41, 5.74) is 2.14. The minimum atomic E-state index is 0.525. The first-order chi connectivity index (χ1) is 8.70. The molecule has 0 atom stereocenters. The number of hydrogen-bond acceptors (Lipinski definition) is 3. The molecular weight excluding hydrogens is 226 g/mol. The van der Waals surface area contributed by atoms with E-state index in [2.05, 4.69) is 18.0 Å². The monoisotopic (exact) mass is 247 g/mol. The third-order valence-electron chi connectivity index (χ3n) is 2.90. The average molecular weight is 247 g/mol. The van der Waals surface area contributed by atoms with Gasteiger partial charge in [-0.25, -0.2) is 0 Å². The molecule has 18 heavy (non-hydrogen) atoms. The van der Waals surface area contributed by atoms with Crippen molar-refractivity contribution in [3.05, 3.63) is 35.9 Å². The van der Waals surface area contributed by atoms with Crippen LogP contribution in [0, 0.1) is 0 Å². The lowest BCUT2D eigenvalue weighted by atomic mass is 10.2. The molecule has 0 spiro atoms.